The van der Waals surface area contributed by atoms with E-state index in [1.54, 1.807) is 6.07 Å². The van der Waals surface area contributed by atoms with Gasteiger partial charge in [-0.1, -0.05) is 34.1 Å². The quantitative estimate of drug-likeness (QED) is 0.791. The van der Waals surface area contributed by atoms with E-state index in [1.807, 2.05) is 39.0 Å². The molecule has 1 N–H and O–H groups in total. The van der Waals surface area contributed by atoms with E-state index in [-0.39, 0.29) is 11.8 Å². The Bertz CT molecular complexity index is 708. The van der Waals surface area contributed by atoms with Gasteiger partial charge in [-0.05, 0) is 45.2 Å². The monoisotopic (exact) mass is 432 g/mol. The summed E-state index contributed by atoms with van der Waals surface area (Å²) >= 11 is 3.39. The van der Waals surface area contributed by atoms with Crippen molar-refractivity contribution in [2.45, 2.75) is 51.0 Å². The van der Waals surface area contributed by atoms with Crippen LogP contribution in [0.15, 0.2) is 28.7 Å². The molecule has 2 rings (SSSR count). The van der Waals surface area contributed by atoms with Gasteiger partial charge >= 0.3 is 6.09 Å². The minimum Gasteiger partial charge on any atom is -0.444 e. The number of rotatable bonds is 4. The predicted molar refractivity (Wildman–Crippen MR) is 101 cm³/mol. The highest BCUT2D eigenvalue weighted by Crippen LogP contribution is 2.22. The topological polar surface area (TPSA) is 75.7 Å². The van der Waals surface area contributed by atoms with E-state index in [9.17, 15) is 13.2 Å². The first-order chi connectivity index (χ1) is 11.6. The SMILES string of the molecule is CC(C)(C)OC(=O)NC1CCN(S(=O)(=O)Cc2ccccc2Br)CC1. The summed E-state index contributed by atoms with van der Waals surface area (Å²) in [5.74, 6) is -0.0292. The molecule has 0 aromatic heterocycles. The van der Waals surface area contributed by atoms with Gasteiger partial charge in [-0.3, -0.25) is 0 Å². The van der Waals surface area contributed by atoms with Crippen LogP contribution in [-0.2, 0) is 20.5 Å². The number of carbonyl (C=O) groups is 1. The van der Waals surface area contributed by atoms with Crippen molar-refractivity contribution in [1.29, 1.82) is 0 Å². The smallest absolute Gasteiger partial charge is 0.407 e. The summed E-state index contributed by atoms with van der Waals surface area (Å²) in [4.78, 5) is 11.8. The van der Waals surface area contributed by atoms with Crippen molar-refractivity contribution in [3.05, 3.63) is 34.3 Å². The number of hydrogen-bond acceptors (Lipinski definition) is 4. The van der Waals surface area contributed by atoms with E-state index in [4.69, 9.17) is 4.74 Å². The molecule has 1 saturated heterocycles. The van der Waals surface area contributed by atoms with Gasteiger partial charge < -0.3 is 10.1 Å². The summed E-state index contributed by atoms with van der Waals surface area (Å²) in [5.41, 5.74) is 0.202. The van der Waals surface area contributed by atoms with Crippen LogP contribution in [0.5, 0.6) is 0 Å². The van der Waals surface area contributed by atoms with E-state index in [0.29, 0.717) is 25.9 Å². The molecule has 1 aliphatic heterocycles. The van der Waals surface area contributed by atoms with Crippen molar-refractivity contribution in [2.24, 2.45) is 0 Å². The molecule has 1 aromatic carbocycles. The molecule has 1 amide bonds. The molecule has 8 heteroatoms. The Morgan fingerprint density at radius 3 is 2.44 bits per heavy atom. The van der Waals surface area contributed by atoms with Crippen LogP contribution in [0.25, 0.3) is 0 Å². The fraction of sp³-hybridized carbons (Fsp3) is 0.588. The van der Waals surface area contributed by atoms with Crippen LogP contribution in [0.3, 0.4) is 0 Å². The van der Waals surface area contributed by atoms with Gasteiger partial charge in [0, 0.05) is 23.6 Å². The second-order valence-corrected chi connectivity index (χ2v) is 9.99. The lowest BCUT2D eigenvalue weighted by Crippen LogP contribution is -2.47. The Balaban J connectivity index is 1.89. The third-order valence-electron chi connectivity index (χ3n) is 3.86. The number of nitrogens with one attached hydrogen (secondary N) is 1. The summed E-state index contributed by atoms with van der Waals surface area (Å²) < 4.78 is 32.8. The second-order valence-electron chi connectivity index (χ2n) is 7.17. The summed E-state index contributed by atoms with van der Waals surface area (Å²) in [6.45, 7) is 6.22. The van der Waals surface area contributed by atoms with Crippen molar-refractivity contribution in [1.82, 2.24) is 9.62 Å². The molecule has 25 heavy (non-hydrogen) atoms. The van der Waals surface area contributed by atoms with Crippen LogP contribution < -0.4 is 5.32 Å². The standard InChI is InChI=1S/C17H25BrN2O4S/c1-17(2,3)24-16(21)19-14-8-10-20(11-9-14)25(22,23)12-13-6-4-5-7-15(13)18/h4-7,14H,8-12H2,1-3H3,(H,19,21). The first-order valence-corrected chi connectivity index (χ1v) is 10.7. The number of ether oxygens (including phenoxy) is 1. The first kappa shape index (κ1) is 20.2. The Hall–Kier alpha value is -1.12. The number of halogens is 1. The van der Waals surface area contributed by atoms with Crippen molar-refractivity contribution >= 4 is 32.0 Å². The van der Waals surface area contributed by atoms with Crippen LogP contribution >= 0.6 is 15.9 Å². The maximum atomic E-state index is 12.6. The minimum atomic E-state index is -3.38. The number of benzene rings is 1. The van der Waals surface area contributed by atoms with Crippen LogP contribution in [0.1, 0.15) is 39.2 Å². The van der Waals surface area contributed by atoms with Crippen molar-refractivity contribution in [2.75, 3.05) is 13.1 Å². The zero-order valence-electron chi connectivity index (χ0n) is 14.8. The zero-order chi connectivity index (χ0) is 18.7. The van der Waals surface area contributed by atoms with E-state index < -0.39 is 21.7 Å². The average molecular weight is 433 g/mol. The lowest BCUT2D eigenvalue weighted by molar-refractivity contribution is 0.0489. The third-order valence-corrected chi connectivity index (χ3v) is 6.47. The molecular weight excluding hydrogens is 408 g/mol. The van der Waals surface area contributed by atoms with Gasteiger partial charge in [0.05, 0.1) is 5.75 Å². The highest BCUT2D eigenvalue weighted by molar-refractivity contribution is 9.10. The lowest BCUT2D eigenvalue weighted by atomic mass is 10.1. The molecule has 0 bridgehead atoms. The van der Waals surface area contributed by atoms with Crippen LogP contribution in [0, 0.1) is 0 Å². The number of nitrogens with zero attached hydrogens (tertiary/aromatic N) is 1. The van der Waals surface area contributed by atoms with Gasteiger partial charge in [-0.15, -0.1) is 0 Å². The van der Waals surface area contributed by atoms with Crippen LogP contribution in [0.2, 0.25) is 0 Å². The molecule has 1 aromatic rings. The minimum absolute atomic E-state index is 0.0292. The number of amides is 1. The maximum Gasteiger partial charge on any atom is 0.407 e. The van der Waals surface area contributed by atoms with E-state index in [1.165, 1.54) is 4.31 Å². The Labute approximate surface area is 158 Å². The number of sulfonamides is 1. The Kier molecular flexibility index (Phi) is 6.51. The Morgan fingerprint density at radius 1 is 1.28 bits per heavy atom. The molecule has 0 aliphatic carbocycles. The second kappa shape index (κ2) is 8.05. The van der Waals surface area contributed by atoms with E-state index in [0.717, 1.165) is 10.0 Å². The van der Waals surface area contributed by atoms with E-state index in [2.05, 4.69) is 21.2 Å². The molecule has 0 radical (unpaired) electrons. The highest BCUT2D eigenvalue weighted by atomic mass is 79.9. The van der Waals surface area contributed by atoms with Gasteiger partial charge in [0.15, 0.2) is 0 Å². The predicted octanol–water partition coefficient (Wildman–Crippen LogP) is 3.27. The van der Waals surface area contributed by atoms with Crippen LogP contribution in [-0.4, -0.2) is 43.5 Å². The van der Waals surface area contributed by atoms with Crippen molar-refractivity contribution < 1.29 is 17.9 Å². The van der Waals surface area contributed by atoms with Crippen molar-refractivity contribution in [3.63, 3.8) is 0 Å². The Morgan fingerprint density at radius 2 is 1.88 bits per heavy atom. The molecule has 1 heterocycles. The molecule has 140 valence electrons. The highest BCUT2D eigenvalue weighted by Gasteiger charge is 2.30. The molecule has 0 saturated carbocycles. The van der Waals surface area contributed by atoms with Gasteiger partial charge in [0.25, 0.3) is 0 Å². The number of alkyl carbamates (subject to hydrolysis) is 1. The van der Waals surface area contributed by atoms with Gasteiger partial charge in [0.1, 0.15) is 5.60 Å². The number of hydrogen-bond donors (Lipinski definition) is 1. The molecule has 6 nitrogen and oxygen atoms in total. The third kappa shape index (κ3) is 6.27. The molecule has 1 aliphatic rings. The largest absolute Gasteiger partial charge is 0.444 e. The summed E-state index contributed by atoms with van der Waals surface area (Å²) in [5, 5.41) is 2.82. The van der Waals surface area contributed by atoms with Gasteiger partial charge in [-0.2, -0.15) is 0 Å². The summed E-state index contributed by atoms with van der Waals surface area (Å²) in [7, 11) is -3.38. The molecule has 1 fully saturated rings. The molecule has 0 spiro atoms. The molecule has 0 unspecified atom stereocenters. The fourth-order valence-corrected chi connectivity index (χ4v) is 4.86. The fourth-order valence-electron chi connectivity index (χ4n) is 2.66. The first-order valence-electron chi connectivity index (χ1n) is 8.27. The maximum absolute atomic E-state index is 12.6. The van der Waals surface area contributed by atoms with Gasteiger partial charge in [-0.25, -0.2) is 17.5 Å². The van der Waals surface area contributed by atoms with E-state index >= 15 is 0 Å². The average Bonchev–Trinajstić information content (AvgIpc) is 2.48. The molecular formula is C17H25BrN2O4S. The number of piperidine rings is 1. The molecule has 0 atom stereocenters. The normalized spacial score (nSPS) is 17.3. The van der Waals surface area contributed by atoms with Crippen molar-refractivity contribution in [3.8, 4) is 0 Å². The van der Waals surface area contributed by atoms with Crippen LogP contribution in [0.4, 0.5) is 4.79 Å². The zero-order valence-corrected chi connectivity index (χ0v) is 17.2. The summed E-state index contributed by atoms with van der Waals surface area (Å²) in [6.07, 6.45) is 0.699. The summed E-state index contributed by atoms with van der Waals surface area (Å²) in [6, 6.07) is 7.26. The lowest BCUT2D eigenvalue weighted by Gasteiger charge is -2.32. The van der Waals surface area contributed by atoms with Gasteiger partial charge in [0.2, 0.25) is 10.0 Å². The number of carbonyl (C=O) groups excluding carboxylic acids is 1.